The molecule has 0 atom stereocenters. The monoisotopic (exact) mass is 506 g/mol. The van der Waals surface area contributed by atoms with Crippen LogP contribution >= 0.6 is 11.8 Å². The van der Waals surface area contributed by atoms with Gasteiger partial charge in [-0.25, -0.2) is 13.1 Å². The Morgan fingerprint density at radius 2 is 1.54 bits per heavy atom. The summed E-state index contributed by atoms with van der Waals surface area (Å²) >= 11 is 1.76. The zero-order chi connectivity index (χ0) is 25.1. The van der Waals surface area contributed by atoms with Gasteiger partial charge >= 0.3 is 0 Å². The van der Waals surface area contributed by atoms with E-state index in [-0.39, 0.29) is 5.75 Å². The van der Waals surface area contributed by atoms with Gasteiger partial charge in [0.1, 0.15) is 0 Å². The second-order valence-corrected chi connectivity index (χ2v) is 11.2. The first kappa shape index (κ1) is 26.5. The summed E-state index contributed by atoms with van der Waals surface area (Å²) in [4.78, 5) is 12.3. The van der Waals surface area contributed by atoms with Crippen molar-refractivity contribution in [2.75, 3.05) is 5.75 Å². The number of thioether (sulfide) groups is 1. The molecule has 0 unspecified atom stereocenters. The van der Waals surface area contributed by atoms with E-state index in [1.807, 2.05) is 30.3 Å². The van der Waals surface area contributed by atoms with Gasteiger partial charge in [-0.3, -0.25) is 4.79 Å². The van der Waals surface area contributed by atoms with Gasteiger partial charge in [-0.1, -0.05) is 74.7 Å². The van der Waals surface area contributed by atoms with E-state index >= 15 is 0 Å². The Kier molecular flexibility index (Phi) is 9.95. The zero-order valence-corrected chi connectivity index (χ0v) is 21.5. The minimum atomic E-state index is -3.61. The van der Waals surface area contributed by atoms with Crippen molar-refractivity contribution in [2.45, 2.75) is 44.1 Å². The number of sulfonamides is 1. The van der Waals surface area contributed by atoms with Gasteiger partial charge in [-0.2, -0.15) is 17.0 Å². The summed E-state index contributed by atoms with van der Waals surface area (Å²) in [6.45, 7) is 2.06. The number of carbonyl (C=O) groups is 1. The topological polar surface area (TPSA) is 87.0 Å². The van der Waals surface area contributed by atoms with Crippen molar-refractivity contribution in [3.8, 4) is 17.2 Å². The van der Waals surface area contributed by atoms with Crippen LogP contribution in [0.2, 0.25) is 0 Å². The number of benzene rings is 3. The molecule has 0 aromatic heterocycles. The van der Waals surface area contributed by atoms with Gasteiger partial charge in [-0.05, 0) is 52.9 Å². The highest BCUT2D eigenvalue weighted by Gasteiger charge is 2.15. The first-order valence-electron chi connectivity index (χ1n) is 11.7. The molecule has 3 aromatic carbocycles. The SMILES string of the molecule is CCCCCCS(=O)(=O)NC(=O)c1ccc(CSCc2ccc(-c3cccc(C#N)c3)cc2)cc1. The number of amides is 1. The van der Waals surface area contributed by atoms with Crippen LogP contribution in [-0.2, 0) is 21.5 Å². The maximum absolute atomic E-state index is 12.3. The summed E-state index contributed by atoms with van der Waals surface area (Å²) in [6, 6.07) is 25.1. The largest absolute Gasteiger partial charge is 0.268 e. The number of hydrogen-bond donors (Lipinski definition) is 1. The maximum atomic E-state index is 12.3. The van der Waals surface area contributed by atoms with Crippen molar-refractivity contribution >= 4 is 27.7 Å². The molecule has 35 heavy (non-hydrogen) atoms. The molecule has 182 valence electrons. The molecule has 0 aliphatic carbocycles. The molecule has 5 nitrogen and oxygen atoms in total. The fraction of sp³-hybridized carbons (Fsp3) is 0.286. The third-order valence-electron chi connectivity index (χ3n) is 5.55. The third kappa shape index (κ3) is 8.57. The van der Waals surface area contributed by atoms with E-state index in [4.69, 9.17) is 5.26 Å². The predicted octanol–water partition coefficient (Wildman–Crippen LogP) is 6.30. The lowest BCUT2D eigenvalue weighted by atomic mass is 10.0. The molecule has 0 radical (unpaired) electrons. The molecule has 0 spiro atoms. The van der Waals surface area contributed by atoms with Crippen LogP contribution in [-0.4, -0.2) is 20.1 Å². The van der Waals surface area contributed by atoms with E-state index in [0.717, 1.165) is 47.5 Å². The van der Waals surface area contributed by atoms with Crippen LogP contribution in [0.25, 0.3) is 11.1 Å². The highest BCUT2D eigenvalue weighted by Crippen LogP contribution is 2.23. The van der Waals surface area contributed by atoms with Gasteiger partial charge in [0.15, 0.2) is 0 Å². The van der Waals surface area contributed by atoms with Crippen LogP contribution < -0.4 is 4.72 Å². The summed E-state index contributed by atoms with van der Waals surface area (Å²) in [5.74, 6) is 1.02. The molecular formula is C28H30N2O3S2. The molecule has 0 aliphatic heterocycles. The van der Waals surface area contributed by atoms with E-state index in [9.17, 15) is 13.2 Å². The number of nitrogens with one attached hydrogen (secondary N) is 1. The van der Waals surface area contributed by atoms with Gasteiger partial charge in [-0.15, -0.1) is 0 Å². The lowest BCUT2D eigenvalue weighted by Gasteiger charge is -2.08. The Hall–Kier alpha value is -3.08. The molecule has 0 saturated carbocycles. The lowest BCUT2D eigenvalue weighted by molar-refractivity contribution is 0.0981. The zero-order valence-electron chi connectivity index (χ0n) is 19.9. The van der Waals surface area contributed by atoms with E-state index < -0.39 is 15.9 Å². The molecule has 0 bridgehead atoms. The molecule has 1 N–H and O–H groups in total. The fourth-order valence-corrected chi connectivity index (χ4v) is 5.62. The molecule has 3 aromatic rings. The van der Waals surface area contributed by atoms with E-state index in [0.29, 0.717) is 17.5 Å². The number of carbonyl (C=O) groups excluding carboxylic acids is 1. The van der Waals surface area contributed by atoms with E-state index in [2.05, 4.69) is 42.0 Å². The smallest absolute Gasteiger partial charge is 0.264 e. The lowest BCUT2D eigenvalue weighted by Crippen LogP contribution is -2.32. The van der Waals surface area contributed by atoms with Crippen LogP contribution in [0.4, 0.5) is 0 Å². The number of rotatable bonds is 12. The summed E-state index contributed by atoms with van der Waals surface area (Å²) < 4.78 is 26.4. The standard InChI is InChI=1S/C28H30N2O3S2/c1-2-3-4-5-17-35(32,33)30-28(31)26-15-11-23(12-16-26)21-34-20-22-9-13-25(14-10-22)27-8-6-7-24(18-27)19-29/h6-16,18H,2-5,17,20-21H2,1H3,(H,30,31). The Morgan fingerprint density at radius 3 is 2.17 bits per heavy atom. The maximum Gasteiger partial charge on any atom is 0.264 e. The average Bonchev–Trinajstić information content (AvgIpc) is 2.87. The minimum Gasteiger partial charge on any atom is -0.268 e. The molecule has 7 heteroatoms. The summed E-state index contributed by atoms with van der Waals surface area (Å²) in [5, 5.41) is 9.08. The quantitative estimate of drug-likeness (QED) is 0.291. The van der Waals surface area contributed by atoms with Crippen molar-refractivity contribution in [1.29, 1.82) is 5.26 Å². The second kappa shape index (κ2) is 13.1. The van der Waals surface area contributed by atoms with E-state index in [1.165, 1.54) is 5.56 Å². The third-order valence-corrected chi connectivity index (χ3v) is 7.94. The summed E-state index contributed by atoms with van der Waals surface area (Å²) in [5.41, 5.74) is 5.36. The molecule has 0 heterocycles. The molecule has 0 fully saturated rings. The molecule has 3 rings (SSSR count). The van der Waals surface area contributed by atoms with Gasteiger partial charge in [0.05, 0.1) is 17.4 Å². The van der Waals surface area contributed by atoms with E-state index in [1.54, 1.807) is 30.0 Å². The predicted molar refractivity (Wildman–Crippen MR) is 143 cm³/mol. The van der Waals surface area contributed by atoms with Gasteiger partial charge in [0.2, 0.25) is 10.0 Å². The Morgan fingerprint density at radius 1 is 0.886 bits per heavy atom. The van der Waals surface area contributed by atoms with Crippen molar-refractivity contribution in [3.05, 3.63) is 95.1 Å². The fourth-order valence-electron chi connectivity index (χ4n) is 3.57. The van der Waals surface area contributed by atoms with Gasteiger partial charge in [0, 0.05) is 17.1 Å². The molecule has 0 saturated heterocycles. The minimum absolute atomic E-state index is 0.0271. The molecular weight excluding hydrogens is 476 g/mol. The number of hydrogen-bond acceptors (Lipinski definition) is 5. The molecule has 1 amide bonds. The van der Waals surface area contributed by atoms with Crippen LogP contribution in [0.15, 0.2) is 72.8 Å². The normalized spacial score (nSPS) is 11.1. The number of nitriles is 1. The van der Waals surface area contributed by atoms with Crippen LogP contribution in [0.3, 0.4) is 0 Å². The highest BCUT2D eigenvalue weighted by atomic mass is 32.2. The Labute approximate surface area is 212 Å². The highest BCUT2D eigenvalue weighted by molar-refractivity contribution is 7.97. The first-order chi connectivity index (χ1) is 16.9. The molecule has 0 aliphatic rings. The summed E-state index contributed by atoms with van der Waals surface area (Å²) in [6.07, 6.45) is 3.43. The van der Waals surface area contributed by atoms with Crippen molar-refractivity contribution < 1.29 is 13.2 Å². The van der Waals surface area contributed by atoms with Crippen molar-refractivity contribution in [3.63, 3.8) is 0 Å². The Balaban J connectivity index is 1.47. The number of unbranched alkanes of at least 4 members (excludes halogenated alkanes) is 3. The van der Waals surface area contributed by atoms with Crippen molar-refractivity contribution in [2.24, 2.45) is 0 Å². The van der Waals surface area contributed by atoms with Crippen molar-refractivity contribution in [1.82, 2.24) is 4.72 Å². The van der Waals surface area contributed by atoms with Crippen LogP contribution in [0.1, 0.15) is 59.7 Å². The second-order valence-electron chi connectivity index (χ2n) is 8.39. The first-order valence-corrected chi connectivity index (χ1v) is 14.5. The summed E-state index contributed by atoms with van der Waals surface area (Å²) in [7, 11) is -3.61. The average molecular weight is 507 g/mol. The number of nitrogens with zero attached hydrogens (tertiary/aromatic N) is 1. The van der Waals surface area contributed by atoms with Crippen LogP contribution in [0, 0.1) is 11.3 Å². The Bertz CT molecular complexity index is 1260. The van der Waals surface area contributed by atoms with Gasteiger partial charge in [0.25, 0.3) is 5.91 Å². The van der Waals surface area contributed by atoms with Crippen LogP contribution in [0.5, 0.6) is 0 Å². The van der Waals surface area contributed by atoms with Gasteiger partial charge < -0.3 is 0 Å².